The lowest BCUT2D eigenvalue weighted by Crippen LogP contribution is -2.49. The van der Waals surface area contributed by atoms with Gasteiger partial charge in [-0.05, 0) is 39.0 Å². The summed E-state index contributed by atoms with van der Waals surface area (Å²) in [7, 11) is 0. The fourth-order valence-corrected chi connectivity index (χ4v) is 3.93. The molecule has 1 unspecified atom stereocenters. The van der Waals surface area contributed by atoms with E-state index in [1.165, 1.54) is 23.5 Å². The molecule has 1 aliphatic carbocycles. The monoisotopic (exact) mass is 280 g/mol. The van der Waals surface area contributed by atoms with Gasteiger partial charge in [-0.3, -0.25) is 0 Å². The van der Waals surface area contributed by atoms with Gasteiger partial charge < -0.3 is 5.32 Å². The van der Waals surface area contributed by atoms with Gasteiger partial charge in [0.2, 0.25) is 0 Å². The van der Waals surface area contributed by atoms with Crippen LogP contribution in [-0.4, -0.2) is 11.0 Å². The summed E-state index contributed by atoms with van der Waals surface area (Å²) in [4.78, 5) is 4.97. The molecule has 0 bridgehead atoms. The van der Waals surface area contributed by atoms with Gasteiger partial charge >= 0.3 is 0 Å². The second-order valence-electron chi connectivity index (χ2n) is 7.77. The second-order valence-corrected chi connectivity index (χ2v) is 8.63. The van der Waals surface area contributed by atoms with Gasteiger partial charge in [-0.25, -0.2) is 4.98 Å². The summed E-state index contributed by atoms with van der Waals surface area (Å²) in [6.45, 7) is 15.9. The quantitative estimate of drug-likeness (QED) is 0.881. The number of thiazole rings is 1. The Labute approximate surface area is 122 Å². The molecule has 0 radical (unpaired) electrons. The van der Waals surface area contributed by atoms with Crippen molar-refractivity contribution < 1.29 is 0 Å². The lowest BCUT2D eigenvalue weighted by Gasteiger charge is -2.37. The first-order chi connectivity index (χ1) is 8.58. The van der Waals surface area contributed by atoms with Gasteiger partial charge in [-0.1, -0.05) is 27.7 Å². The maximum atomic E-state index is 4.97. The first kappa shape index (κ1) is 15.0. The number of rotatable bonds is 4. The van der Waals surface area contributed by atoms with Crippen LogP contribution >= 0.6 is 11.3 Å². The molecule has 1 fully saturated rings. The molecule has 0 amide bonds. The highest BCUT2D eigenvalue weighted by Crippen LogP contribution is 2.58. The molecule has 0 saturated heterocycles. The molecule has 1 heterocycles. The number of hydrogen-bond acceptors (Lipinski definition) is 3. The molecule has 1 atom stereocenters. The normalized spacial score (nSPS) is 21.5. The van der Waals surface area contributed by atoms with E-state index in [1.807, 2.05) is 11.3 Å². The predicted octanol–water partition coefficient (Wildman–Crippen LogP) is 4.45. The largest absolute Gasteiger partial charge is 0.303 e. The van der Waals surface area contributed by atoms with E-state index in [4.69, 9.17) is 4.98 Å². The lowest BCUT2D eigenvalue weighted by atomic mass is 9.83. The molecule has 108 valence electrons. The van der Waals surface area contributed by atoms with Gasteiger partial charge in [0.05, 0.1) is 11.2 Å². The summed E-state index contributed by atoms with van der Waals surface area (Å²) in [6.07, 6.45) is 2.60. The van der Waals surface area contributed by atoms with Crippen LogP contribution in [0.25, 0.3) is 0 Å². The van der Waals surface area contributed by atoms with Crippen molar-refractivity contribution in [2.24, 2.45) is 5.41 Å². The van der Waals surface area contributed by atoms with Gasteiger partial charge in [-0.2, -0.15) is 0 Å². The zero-order valence-corrected chi connectivity index (χ0v) is 14.2. The van der Waals surface area contributed by atoms with E-state index in [9.17, 15) is 0 Å². The smallest absolute Gasteiger partial charge is 0.113 e. The van der Waals surface area contributed by atoms with Crippen molar-refractivity contribution in [3.8, 4) is 0 Å². The highest BCUT2D eigenvalue weighted by atomic mass is 32.1. The Morgan fingerprint density at radius 2 is 1.84 bits per heavy atom. The van der Waals surface area contributed by atoms with Crippen molar-refractivity contribution in [3.05, 3.63) is 16.1 Å². The standard InChI is InChI=1S/C16H28N2S/c1-11(2)18-16(7,15(6)8-9-15)13-17-12(10-19-13)14(3,4)5/h10-11,18H,8-9H2,1-7H3. The van der Waals surface area contributed by atoms with Crippen LogP contribution in [0.2, 0.25) is 0 Å². The van der Waals surface area contributed by atoms with E-state index in [-0.39, 0.29) is 11.0 Å². The Morgan fingerprint density at radius 1 is 1.26 bits per heavy atom. The molecule has 0 spiro atoms. The Morgan fingerprint density at radius 3 is 2.21 bits per heavy atom. The third-order valence-corrected chi connectivity index (χ3v) is 5.55. The minimum Gasteiger partial charge on any atom is -0.303 e. The summed E-state index contributed by atoms with van der Waals surface area (Å²) < 4.78 is 0. The van der Waals surface area contributed by atoms with Gasteiger partial charge in [0.1, 0.15) is 5.01 Å². The topological polar surface area (TPSA) is 24.9 Å². The molecule has 1 N–H and O–H groups in total. The average molecular weight is 280 g/mol. The summed E-state index contributed by atoms with van der Waals surface area (Å²) in [6, 6.07) is 0.476. The van der Waals surface area contributed by atoms with Crippen LogP contribution in [0.1, 0.15) is 72.0 Å². The maximum Gasteiger partial charge on any atom is 0.113 e. The van der Waals surface area contributed by atoms with Crippen LogP contribution in [0.5, 0.6) is 0 Å². The SMILES string of the molecule is CC(C)NC(C)(c1nc(C(C)(C)C)cs1)C1(C)CC1. The van der Waals surface area contributed by atoms with Gasteiger partial charge in [-0.15, -0.1) is 11.3 Å². The number of aromatic nitrogens is 1. The number of hydrogen-bond donors (Lipinski definition) is 1. The summed E-state index contributed by atoms with van der Waals surface area (Å²) in [5.74, 6) is 0. The molecule has 1 saturated carbocycles. The summed E-state index contributed by atoms with van der Waals surface area (Å²) in [5.41, 5.74) is 1.73. The first-order valence-electron chi connectivity index (χ1n) is 7.33. The van der Waals surface area contributed by atoms with Crippen molar-refractivity contribution in [1.82, 2.24) is 10.3 Å². The number of nitrogens with one attached hydrogen (secondary N) is 1. The third kappa shape index (κ3) is 2.73. The minimum absolute atomic E-state index is 0.00926. The molecular formula is C16H28N2S. The Balaban J connectivity index is 2.37. The molecule has 3 heteroatoms. The van der Waals surface area contributed by atoms with E-state index in [2.05, 4.69) is 59.2 Å². The molecule has 2 nitrogen and oxygen atoms in total. The van der Waals surface area contributed by atoms with E-state index in [0.29, 0.717) is 11.5 Å². The lowest BCUT2D eigenvalue weighted by molar-refractivity contribution is 0.208. The molecule has 2 rings (SSSR count). The van der Waals surface area contributed by atoms with Crippen LogP contribution in [0.3, 0.4) is 0 Å². The predicted molar refractivity (Wildman–Crippen MR) is 83.8 cm³/mol. The zero-order chi connectivity index (χ0) is 14.5. The summed E-state index contributed by atoms with van der Waals surface area (Å²) in [5, 5.41) is 7.28. The highest BCUT2D eigenvalue weighted by molar-refractivity contribution is 7.09. The van der Waals surface area contributed by atoms with Gasteiger partial charge in [0, 0.05) is 16.8 Å². The Bertz CT molecular complexity index is 452. The van der Waals surface area contributed by atoms with Crippen LogP contribution in [0, 0.1) is 5.41 Å². The molecule has 0 aliphatic heterocycles. The van der Waals surface area contributed by atoms with Crippen LogP contribution in [-0.2, 0) is 11.0 Å². The van der Waals surface area contributed by atoms with Crippen LogP contribution < -0.4 is 5.32 Å². The van der Waals surface area contributed by atoms with Crippen molar-refractivity contribution in [3.63, 3.8) is 0 Å². The van der Waals surface area contributed by atoms with Crippen molar-refractivity contribution in [2.75, 3.05) is 0 Å². The molecule has 1 aromatic heterocycles. The van der Waals surface area contributed by atoms with Crippen molar-refractivity contribution >= 4 is 11.3 Å². The van der Waals surface area contributed by atoms with E-state index < -0.39 is 0 Å². The molecule has 19 heavy (non-hydrogen) atoms. The average Bonchev–Trinajstić information content (AvgIpc) is 2.80. The van der Waals surface area contributed by atoms with E-state index >= 15 is 0 Å². The summed E-state index contributed by atoms with van der Waals surface area (Å²) >= 11 is 1.82. The van der Waals surface area contributed by atoms with Gasteiger partial charge in [0.15, 0.2) is 0 Å². The van der Waals surface area contributed by atoms with Crippen molar-refractivity contribution in [2.45, 2.75) is 78.3 Å². The molecular weight excluding hydrogens is 252 g/mol. The highest BCUT2D eigenvalue weighted by Gasteiger charge is 2.55. The molecule has 1 aliphatic rings. The molecule has 1 aromatic rings. The zero-order valence-electron chi connectivity index (χ0n) is 13.4. The fourth-order valence-electron chi connectivity index (χ4n) is 2.61. The molecule has 0 aromatic carbocycles. The van der Waals surface area contributed by atoms with Gasteiger partial charge in [0.25, 0.3) is 0 Å². The third-order valence-electron chi connectivity index (χ3n) is 4.48. The van der Waals surface area contributed by atoms with Crippen LogP contribution in [0.15, 0.2) is 5.38 Å². The Kier molecular flexibility index (Phi) is 3.60. The maximum absolute atomic E-state index is 4.97. The number of nitrogens with zero attached hydrogens (tertiary/aromatic N) is 1. The van der Waals surface area contributed by atoms with E-state index in [0.717, 1.165) is 0 Å². The van der Waals surface area contributed by atoms with Crippen LogP contribution in [0.4, 0.5) is 0 Å². The minimum atomic E-state index is 0.00926. The van der Waals surface area contributed by atoms with E-state index in [1.54, 1.807) is 0 Å². The second kappa shape index (κ2) is 4.56. The Hall–Kier alpha value is -0.410. The van der Waals surface area contributed by atoms with Crippen molar-refractivity contribution in [1.29, 1.82) is 0 Å². The fraction of sp³-hybridized carbons (Fsp3) is 0.812. The first-order valence-corrected chi connectivity index (χ1v) is 8.21.